The van der Waals surface area contributed by atoms with E-state index >= 15 is 0 Å². The molecule has 4 rings (SSSR count). The molecule has 152 valence electrons. The van der Waals surface area contributed by atoms with E-state index in [1.807, 2.05) is 18.2 Å². The van der Waals surface area contributed by atoms with Crippen molar-refractivity contribution >= 4 is 0 Å². The van der Waals surface area contributed by atoms with Crippen LogP contribution in [-0.4, -0.2) is 5.11 Å². The normalized spacial score (nSPS) is 14.7. The summed E-state index contributed by atoms with van der Waals surface area (Å²) in [5.41, 5.74) is 13.2. The molecule has 0 saturated carbocycles. The molecule has 0 radical (unpaired) electrons. The Morgan fingerprint density at radius 1 is 0.600 bits per heavy atom. The Hall–Kier alpha value is -3.06. The predicted octanol–water partition coefficient (Wildman–Crippen LogP) is 8.11. The highest BCUT2D eigenvalue weighted by Gasteiger charge is 2.28. The third kappa shape index (κ3) is 3.29. The van der Waals surface area contributed by atoms with Gasteiger partial charge in [-0.1, -0.05) is 65.2 Å². The van der Waals surface area contributed by atoms with Crippen molar-refractivity contribution < 1.29 is 5.11 Å². The van der Waals surface area contributed by atoms with Crippen LogP contribution in [0.2, 0.25) is 0 Å². The molecular weight excluding hydrogens is 364 g/mol. The van der Waals surface area contributed by atoms with Crippen molar-refractivity contribution in [2.24, 2.45) is 0 Å². The van der Waals surface area contributed by atoms with Crippen LogP contribution in [-0.2, 0) is 0 Å². The molecule has 0 heterocycles. The molecule has 1 heteroatoms. The number of benzene rings is 3. The van der Waals surface area contributed by atoms with Crippen molar-refractivity contribution in [2.45, 2.75) is 47.5 Å². The molecule has 0 fully saturated rings. The average Bonchev–Trinajstić information content (AvgIpc) is 2.93. The largest absolute Gasteiger partial charge is 0.507 e. The van der Waals surface area contributed by atoms with Gasteiger partial charge < -0.3 is 5.11 Å². The zero-order valence-electron chi connectivity index (χ0n) is 18.8. The fourth-order valence-corrected chi connectivity index (χ4v) is 4.80. The van der Waals surface area contributed by atoms with Gasteiger partial charge in [-0.15, -0.1) is 0 Å². The first-order valence-electron chi connectivity index (χ1n) is 10.6. The fraction of sp³-hybridized carbons (Fsp3) is 0.241. The standard InChI is InChI=1S/C29H30O/c1-17-12-13-24(26(14-17)28-21(5)19(3)20(4)22(28)6)27-16-18(2)15-25(29(27)30)23-10-8-7-9-11-23/h7-16,28,30H,1-6H3. The van der Waals surface area contributed by atoms with Gasteiger partial charge in [0.1, 0.15) is 5.75 Å². The van der Waals surface area contributed by atoms with Crippen LogP contribution < -0.4 is 0 Å². The van der Waals surface area contributed by atoms with Crippen molar-refractivity contribution in [2.75, 3.05) is 0 Å². The quantitative estimate of drug-likeness (QED) is 0.475. The second-order valence-electron chi connectivity index (χ2n) is 8.71. The number of phenolic OH excluding ortho intramolecular Hbond substituents is 1. The number of aryl methyl sites for hydroxylation is 2. The zero-order valence-corrected chi connectivity index (χ0v) is 18.8. The number of hydrogen-bond acceptors (Lipinski definition) is 1. The highest BCUT2D eigenvalue weighted by Crippen LogP contribution is 2.48. The first kappa shape index (κ1) is 20.2. The van der Waals surface area contributed by atoms with Gasteiger partial charge in [0.25, 0.3) is 0 Å². The van der Waals surface area contributed by atoms with Gasteiger partial charge in [-0.2, -0.15) is 0 Å². The first-order chi connectivity index (χ1) is 14.3. The van der Waals surface area contributed by atoms with E-state index in [0.717, 1.165) is 27.8 Å². The Morgan fingerprint density at radius 3 is 1.83 bits per heavy atom. The lowest BCUT2D eigenvalue weighted by Crippen LogP contribution is -2.03. The Labute approximate surface area is 180 Å². The molecule has 0 bridgehead atoms. The molecular formula is C29H30O. The van der Waals surface area contributed by atoms with Crippen LogP contribution in [0.1, 0.15) is 50.3 Å². The van der Waals surface area contributed by atoms with E-state index in [-0.39, 0.29) is 5.92 Å². The van der Waals surface area contributed by atoms with Gasteiger partial charge in [-0.05, 0) is 87.1 Å². The van der Waals surface area contributed by atoms with Gasteiger partial charge in [0.2, 0.25) is 0 Å². The second kappa shape index (κ2) is 7.65. The molecule has 30 heavy (non-hydrogen) atoms. The maximum absolute atomic E-state index is 11.4. The predicted molar refractivity (Wildman–Crippen MR) is 128 cm³/mol. The zero-order chi connectivity index (χ0) is 21.6. The third-order valence-corrected chi connectivity index (χ3v) is 6.76. The second-order valence-corrected chi connectivity index (χ2v) is 8.71. The van der Waals surface area contributed by atoms with Crippen LogP contribution in [0.25, 0.3) is 22.3 Å². The SMILES string of the molecule is CC1=C(C)C(c2cc(C)ccc2-c2cc(C)cc(-c3ccccc3)c2O)C(C)=C1C. The number of aromatic hydroxyl groups is 1. The molecule has 1 aliphatic carbocycles. The van der Waals surface area contributed by atoms with Crippen LogP contribution in [0, 0.1) is 13.8 Å². The summed E-state index contributed by atoms with van der Waals surface area (Å²) in [5, 5.41) is 11.4. The van der Waals surface area contributed by atoms with Gasteiger partial charge in [0.15, 0.2) is 0 Å². The van der Waals surface area contributed by atoms with Crippen LogP contribution >= 0.6 is 0 Å². The van der Waals surface area contributed by atoms with Crippen LogP contribution in [0.4, 0.5) is 0 Å². The molecule has 0 spiro atoms. The summed E-state index contributed by atoms with van der Waals surface area (Å²) in [4.78, 5) is 0. The lowest BCUT2D eigenvalue weighted by Gasteiger charge is -2.22. The molecule has 0 aromatic heterocycles. The van der Waals surface area contributed by atoms with E-state index in [2.05, 4.69) is 84.0 Å². The Morgan fingerprint density at radius 2 is 1.20 bits per heavy atom. The first-order valence-corrected chi connectivity index (χ1v) is 10.6. The van der Waals surface area contributed by atoms with E-state index in [0.29, 0.717) is 5.75 Å². The maximum atomic E-state index is 11.4. The van der Waals surface area contributed by atoms with E-state index in [1.54, 1.807) is 0 Å². The molecule has 0 aliphatic heterocycles. The number of hydrogen-bond donors (Lipinski definition) is 1. The minimum absolute atomic E-state index is 0.264. The third-order valence-electron chi connectivity index (χ3n) is 6.76. The smallest absolute Gasteiger partial charge is 0.131 e. The van der Waals surface area contributed by atoms with Crippen molar-refractivity contribution in [1.82, 2.24) is 0 Å². The summed E-state index contributed by atoms with van der Waals surface area (Å²) >= 11 is 0. The highest BCUT2D eigenvalue weighted by atomic mass is 16.3. The molecule has 0 atom stereocenters. The van der Waals surface area contributed by atoms with Gasteiger partial charge in [-0.25, -0.2) is 0 Å². The Kier molecular flexibility index (Phi) is 5.15. The van der Waals surface area contributed by atoms with Crippen molar-refractivity contribution in [1.29, 1.82) is 0 Å². The summed E-state index contributed by atoms with van der Waals surface area (Å²) < 4.78 is 0. The van der Waals surface area contributed by atoms with Crippen LogP contribution in [0.3, 0.4) is 0 Å². The summed E-state index contributed by atoms with van der Waals surface area (Å²) in [7, 11) is 0. The molecule has 1 nitrogen and oxygen atoms in total. The van der Waals surface area contributed by atoms with E-state index in [9.17, 15) is 5.11 Å². The maximum Gasteiger partial charge on any atom is 0.131 e. The van der Waals surface area contributed by atoms with Crippen molar-refractivity contribution in [3.05, 3.63) is 99.6 Å². The molecule has 3 aromatic carbocycles. The van der Waals surface area contributed by atoms with Gasteiger partial charge in [-0.3, -0.25) is 0 Å². The van der Waals surface area contributed by atoms with Crippen molar-refractivity contribution in [3.63, 3.8) is 0 Å². The Bertz CT molecular complexity index is 1170. The summed E-state index contributed by atoms with van der Waals surface area (Å²) in [6.45, 7) is 13.2. The van der Waals surface area contributed by atoms with E-state index < -0.39 is 0 Å². The van der Waals surface area contributed by atoms with Crippen molar-refractivity contribution in [3.8, 4) is 28.0 Å². The highest BCUT2D eigenvalue weighted by molar-refractivity contribution is 5.85. The van der Waals surface area contributed by atoms with Crippen LogP contribution in [0.5, 0.6) is 5.75 Å². The molecule has 0 unspecified atom stereocenters. The van der Waals surface area contributed by atoms with Gasteiger partial charge in [0, 0.05) is 17.0 Å². The minimum atomic E-state index is 0.264. The minimum Gasteiger partial charge on any atom is -0.507 e. The molecule has 1 aliphatic rings. The van der Waals surface area contributed by atoms with Crippen LogP contribution in [0.15, 0.2) is 83.0 Å². The lowest BCUT2D eigenvalue weighted by molar-refractivity contribution is 0.479. The molecule has 0 saturated heterocycles. The summed E-state index contributed by atoms with van der Waals surface area (Å²) in [6.07, 6.45) is 0. The molecule has 0 amide bonds. The van der Waals surface area contributed by atoms with E-state index in [4.69, 9.17) is 0 Å². The van der Waals surface area contributed by atoms with Gasteiger partial charge in [0.05, 0.1) is 0 Å². The topological polar surface area (TPSA) is 20.2 Å². The summed E-state index contributed by atoms with van der Waals surface area (Å²) in [5.74, 6) is 0.617. The fourth-order valence-electron chi connectivity index (χ4n) is 4.80. The molecule has 1 N–H and O–H groups in total. The average molecular weight is 395 g/mol. The monoisotopic (exact) mass is 394 g/mol. The number of phenols is 1. The number of allylic oxidation sites excluding steroid dienone is 4. The molecule has 3 aromatic rings. The number of rotatable bonds is 3. The summed E-state index contributed by atoms with van der Waals surface area (Å²) in [6, 6.07) is 20.9. The lowest BCUT2D eigenvalue weighted by atomic mass is 9.82. The van der Waals surface area contributed by atoms with Gasteiger partial charge >= 0.3 is 0 Å². The van der Waals surface area contributed by atoms with E-state index in [1.165, 1.54) is 33.4 Å². The Balaban J connectivity index is 1.97.